The van der Waals surface area contributed by atoms with Crippen LogP contribution >= 0.6 is 0 Å². The van der Waals surface area contributed by atoms with Gasteiger partial charge in [-0.25, -0.2) is 4.39 Å². The van der Waals surface area contributed by atoms with Crippen LogP contribution < -0.4 is 25.2 Å². The highest BCUT2D eigenvalue weighted by Gasteiger charge is 2.24. The molecule has 2 N–H and O–H groups in total. The predicted octanol–water partition coefficient (Wildman–Crippen LogP) is 11.2. The lowest BCUT2D eigenvalue weighted by molar-refractivity contribution is -0.124. The van der Waals surface area contributed by atoms with Gasteiger partial charge in [0, 0.05) is 91.4 Å². The molecule has 0 aliphatic carbocycles. The van der Waals surface area contributed by atoms with Gasteiger partial charge in [0.25, 0.3) is 0 Å². The van der Waals surface area contributed by atoms with E-state index in [2.05, 4.69) is 77.6 Å². The molecule has 0 aromatic heterocycles. The topological polar surface area (TPSA) is 138 Å². The smallest absolute Gasteiger partial charge is 0.226 e. The van der Waals surface area contributed by atoms with Gasteiger partial charge in [-0.05, 0) is 126 Å². The average molecular weight is 968 g/mol. The maximum absolute atomic E-state index is 14.0. The van der Waals surface area contributed by atoms with Crippen molar-refractivity contribution < 1.29 is 28.3 Å². The first kappa shape index (κ1) is 60.5. The molecule has 12 nitrogen and oxygen atoms in total. The number of likely N-dealkylation sites (N-methyl/N-ethyl adjacent to an activating group) is 1. The van der Waals surface area contributed by atoms with Crippen LogP contribution in [0.4, 0.5) is 21.5 Å². The molecule has 3 heterocycles. The van der Waals surface area contributed by atoms with Crippen LogP contribution in [0.1, 0.15) is 146 Å². The zero-order valence-corrected chi connectivity index (χ0v) is 44.5. The molecule has 3 fully saturated rings. The van der Waals surface area contributed by atoms with Crippen LogP contribution in [-0.4, -0.2) is 107 Å². The van der Waals surface area contributed by atoms with Crippen molar-refractivity contribution in [1.82, 2.24) is 15.1 Å². The Bertz CT molecular complexity index is 2110. The Morgan fingerprint density at radius 2 is 1.63 bits per heavy atom. The first-order valence-corrected chi connectivity index (χ1v) is 25.7. The van der Waals surface area contributed by atoms with Crippen molar-refractivity contribution in [2.24, 2.45) is 17.8 Å². The number of methoxy groups -OCH3 is 1. The molecule has 0 radical (unpaired) electrons. The normalized spacial score (nSPS) is 16.9. The fourth-order valence-corrected chi connectivity index (χ4v) is 8.68. The second kappa shape index (κ2) is 33.1. The highest BCUT2D eigenvalue weighted by atomic mass is 19.1. The number of Topliss-reactive ketones (excluding diaryl/α,β-unsaturated/α-hetero) is 1. The van der Waals surface area contributed by atoms with Gasteiger partial charge in [-0.15, -0.1) is 0 Å². The van der Waals surface area contributed by atoms with Gasteiger partial charge < -0.3 is 35.0 Å². The minimum atomic E-state index is -0.376. The number of aldehydes is 1. The van der Waals surface area contributed by atoms with Gasteiger partial charge in [-0.3, -0.25) is 19.2 Å². The number of hydrogen-bond donors (Lipinski definition) is 2. The van der Waals surface area contributed by atoms with E-state index in [0.717, 1.165) is 113 Å². The molecule has 2 amide bonds. The molecule has 0 spiro atoms. The molecule has 6 rings (SSSR count). The van der Waals surface area contributed by atoms with E-state index in [1.165, 1.54) is 38.5 Å². The number of rotatable bonds is 17. The van der Waals surface area contributed by atoms with Gasteiger partial charge in [0.15, 0.2) is 12.1 Å². The Hall–Kier alpha value is -5.58. The minimum Gasteiger partial charge on any atom is -0.495 e. The predicted molar refractivity (Wildman–Crippen MR) is 287 cm³/mol. The number of piperazine rings is 1. The van der Waals surface area contributed by atoms with E-state index >= 15 is 0 Å². The van der Waals surface area contributed by atoms with Gasteiger partial charge in [0.1, 0.15) is 17.6 Å². The van der Waals surface area contributed by atoms with E-state index in [1.54, 1.807) is 19.2 Å². The molecule has 3 aliphatic heterocycles. The number of nitriles is 1. The largest absolute Gasteiger partial charge is 0.495 e. The van der Waals surface area contributed by atoms with E-state index in [0.29, 0.717) is 34.9 Å². The summed E-state index contributed by atoms with van der Waals surface area (Å²) < 4.78 is 19.2. The van der Waals surface area contributed by atoms with E-state index in [-0.39, 0.29) is 35.0 Å². The van der Waals surface area contributed by atoms with Gasteiger partial charge >= 0.3 is 0 Å². The molecule has 386 valence electrons. The van der Waals surface area contributed by atoms with Crippen LogP contribution in [0.25, 0.3) is 0 Å². The second-order valence-corrected chi connectivity index (χ2v) is 18.7. The molecule has 3 aromatic rings. The summed E-state index contributed by atoms with van der Waals surface area (Å²) in [4.78, 5) is 53.7. The molecule has 0 bridgehead atoms. The lowest BCUT2D eigenvalue weighted by Crippen LogP contribution is -2.50. The van der Waals surface area contributed by atoms with E-state index in [1.807, 2.05) is 71.0 Å². The monoisotopic (exact) mass is 968 g/mol. The third-order valence-electron chi connectivity index (χ3n) is 12.7. The zero-order valence-electron chi connectivity index (χ0n) is 44.5. The van der Waals surface area contributed by atoms with Crippen LogP contribution in [-0.2, 0) is 16.0 Å². The van der Waals surface area contributed by atoms with Crippen molar-refractivity contribution in [3.05, 3.63) is 94.9 Å². The van der Waals surface area contributed by atoms with Gasteiger partial charge in [-0.1, -0.05) is 80.5 Å². The molecule has 3 aromatic carbocycles. The van der Waals surface area contributed by atoms with E-state index in [4.69, 9.17) is 10.00 Å². The highest BCUT2D eigenvalue weighted by molar-refractivity contribution is 6.03. The summed E-state index contributed by atoms with van der Waals surface area (Å²) in [7, 11) is 3.75. The lowest BCUT2D eigenvalue weighted by Gasteiger charge is -2.39. The summed E-state index contributed by atoms with van der Waals surface area (Å²) in [6.45, 7) is 30.8. The van der Waals surface area contributed by atoms with Crippen LogP contribution in [0.3, 0.4) is 0 Å². The number of ether oxygens (including phenoxy) is 1. The second-order valence-electron chi connectivity index (χ2n) is 18.7. The summed E-state index contributed by atoms with van der Waals surface area (Å²) in [5.41, 5.74) is 5.93. The first-order chi connectivity index (χ1) is 33.6. The number of ketones is 1. The molecule has 3 aliphatic rings. The molecule has 2 unspecified atom stereocenters. The number of anilines is 3. The number of hydrogen-bond acceptors (Lipinski definition) is 10. The zero-order chi connectivity index (χ0) is 52.2. The number of piperidine rings is 2. The number of unbranched alkanes of at least 4 members (excludes halogenated alkanes) is 1. The summed E-state index contributed by atoms with van der Waals surface area (Å²) in [6, 6.07) is 19.0. The summed E-state index contributed by atoms with van der Waals surface area (Å²) in [5.74, 6) is 1.27. The molecule has 70 heavy (non-hydrogen) atoms. The fraction of sp³-hybridized carbons (Fsp3) is 0.561. The number of halogens is 1. The van der Waals surface area contributed by atoms with Crippen LogP contribution in [0.2, 0.25) is 0 Å². The van der Waals surface area contributed by atoms with Gasteiger partial charge in [-0.2, -0.15) is 5.26 Å². The first-order valence-electron chi connectivity index (χ1n) is 25.7. The van der Waals surface area contributed by atoms with Crippen LogP contribution in [0.15, 0.2) is 66.9 Å². The average Bonchev–Trinajstić information content (AvgIpc) is 3.36. The molecule has 3 saturated heterocycles. The Labute approximate surface area is 421 Å². The van der Waals surface area contributed by atoms with Gasteiger partial charge in [0.05, 0.1) is 18.4 Å². The Morgan fingerprint density at radius 3 is 2.16 bits per heavy atom. The molecule has 2 atom stereocenters. The molecule has 13 heteroatoms. The third kappa shape index (κ3) is 20.0. The standard InChI is InChI=1S/C19H30FN3O.C15H20O2.C14H19N3O.C7H11NO.C2H6/c1-3-9-22(10-4-2)14-16-7-11-23(12-8-16)17-5-6-19(21-15-24)18(20)13-17;1-4-5-6-12-7-8-14(13(9-12)10-16)15(17)11(2)3;1-11-10-16(2)6-7-17(11)13-5-4-12(9-15)14(8-13)18-3;1-5-3-4-6(2)8-7(5)9;1-2/h5-6,13,15-16H,3-4,7-12,14H2,1-2H3,(H,21,24);7-11H,4-6H2,1-3H3;4-5,8,11H,6-7,10H2,1-3H3;5H,2-4H2,1H3,(H,8,9);1-2H3. The van der Waals surface area contributed by atoms with Gasteiger partial charge in [0.2, 0.25) is 12.3 Å². The maximum Gasteiger partial charge on any atom is 0.226 e. The summed E-state index contributed by atoms with van der Waals surface area (Å²) in [5, 5.41) is 14.1. The molecular formula is C57H86FN7O5. The van der Waals surface area contributed by atoms with Crippen molar-refractivity contribution in [2.45, 2.75) is 126 Å². The highest BCUT2D eigenvalue weighted by Crippen LogP contribution is 2.29. The van der Waals surface area contributed by atoms with Crippen molar-refractivity contribution >= 4 is 41.4 Å². The molecule has 0 saturated carbocycles. The van der Waals surface area contributed by atoms with Crippen LogP contribution in [0.5, 0.6) is 5.75 Å². The number of carbonyl (C=O) groups excluding carboxylic acids is 4. The van der Waals surface area contributed by atoms with Crippen LogP contribution in [0, 0.1) is 34.9 Å². The Kier molecular flexibility index (Phi) is 28.6. The Balaban J connectivity index is 0.000000329. The maximum atomic E-state index is 14.0. The van der Waals surface area contributed by atoms with Crippen molar-refractivity contribution in [3.8, 4) is 11.8 Å². The number of nitrogens with zero attached hydrogens (tertiary/aromatic N) is 5. The van der Waals surface area contributed by atoms with Crippen molar-refractivity contribution in [2.75, 3.05) is 81.6 Å². The Morgan fingerprint density at radius 1 is 0.957 bits per heavy atom. The number of benzene rings is 3. The summed E-state index contributed by atoms with van der Waals surface area (Å²) >= 11 is 0. The third-order valence-corrected chi connectivity index (χ3v) is 12.7. The lowest BCUT2D eigenvalue weighted by atomic mass is 9.94. The van der Waals surface area contributed by atoms with E-state index in [9.17, 15) is 23.6 Å². The number of carbonyl (C=O) groups is 4. The summed E-state index contributed by atoms with van der Waals surface area (Å²) in [6.07, 6.45) is 11.1. The number of aryl methyl sites for hydroxylation is 1. The van der Waals surface area contributed by atoms with Crippen molar-refractivity contribution in [1.29, 1.82) is 5.26 Å². The SMILES string of the molecule is C=C1CCC(C)C(=O)N1.CC.CCCCc1ccc(C(=O)C(C)C)c(C=O)c1.CCCN(CCC)CC1CCN(c2ccc(NC=O)c(F)c2)CC1.COc1cc(N2CCN(C)CC2C)ccc1C#N. The number of amides is 2. The van der Waals surface area contributed by atoms with E-state index < -0.39 is 0 Å². The minimum absolute atomic E-state index is 0.0362. The number of allylic oxidation sites excluding steroid dienone is 1. The number of nitrogens with one attached hydrogen (secondary N) is 2. The van der Waals surface area contributed by atoms with Crippen molar-refractivity contribution in [3.63, 3.8) is 0 Å². The quantitative estimate of drug-likeness (QED) is 0.0993. The molecular weight excluding hydrogens is 882 g/mol. The fourth-order valence-electron chi connectivity index (χ4n) is 8.68.